The molecule has 3 aromatic rings. The molecule has 2 N–H and O–H groups in total. The van der Waals surface area contributed by atoms with Crippen molar-refractivity contribution in [2.24, 2.45) is 20.0 Å². The first-order valence-corrected chi connectivity index (χ1v) is 10.2. The Labute approximate surface area is 177 Å². The summed E-state index contributed by atoms with van der Waals surface area (Å²) in [6.07, 6.45) is 4.16. The van der Waals surface area contributed by atoms with E-state index in [-0.39, 0.29) is 24.2 Å². The van der Waals surface area contributed by atoms with Crippen LogP contribution in [0.5, 0.6) is 0 Å². The molecule has 2 heterocycles. The zero-order chi connectivity index (χ0) is 22.1. The molecule has 1 saturated carbocycles. The summed E-state index contributed by atoms with van der Waals surface area (Å²) in [4.78, 5) is 52.7. The van der Waals surface area contributed by atoms with Gasteiger partial charge in [-0.3, -0.25) is 23.5 Å². The summed E-state index contributed by atoms with van der Waals surface area (Å²) in [5.74, 6) is 0.0234. The number of carbonyl (C=O) groups is 2. The molecule has 4 rings (SSSR count). The molecule has 1 fully saturated rings. The molecule has 10 nitrogen and oxygen atoms in total. The predicted octanol–water partition coefficient (Wildman–Crippen LogP) is 1.20. The molecule has 2 amide bonds. The number of aryl methyl sites for hydroxylation is 2. The van der Waals surface area contributed by atoms with Gasteiger partial charge in [0.25, 0.3) is 5.56 Å². The van der Waals surface area contributed by atoms with E-state index in [0.29, 0.717) is 35.5 Å². The number of benzene rings is 1. The van der Waals surface area contributed by atoms with E-state index >= 15 is 0 Å². The maximum Gasteiger partial charge on any atom is 0.332 e. The number of hydrogen-bond acceptors (Lipinski definition) is 5. The Kier molecular flexibility index (Phi) is 5.45. The average molecular weight is 424 g/mol. The monoisotopic (exact) mass is 424 g/mol. The maximum atomic E-state index is 12.4. The van der Waals surface area contributed by atoms with Crippen LogP contribution in [-0.2, 0) is 30.2 Å². The summed E-state index contributed by atoms with van der Waals surface area (Å²) < 4.78 is 4.04. The van der Waals surface area contributed by atoms with Crippen LogP contribution >= 0.6 is 0 Å². The standard InChI is InChI=1S/C21H24N6O4/c1-25-18-17(20(30)26(2)21(25)31)27(12-22-18)11-3-4-16(28)23-14-7-9-15(10-8-14)24-19(29)13-5-6-13/h7-10,12-13H,3-6,11H2,1-2H3,(H,23,28)(H,24,29). The van der Waals surface area contributed by atoms with Crippen LogP contribution < -0.4 is 21.9 Å². The van der Waals surface area contributed by atoms with E-state index in [1.807, 2.05) is 0 Å². The lowest BCUT2D eigenvalue weighted by molar-refractivity contribution is -0.117. The minimum absolute atomic E-state index is 0.0405. The first-order valence-electron chi connectivity index (χ1n) is 10.2. The maximum absolute atomic E-state index is 12.4. The Hall–Kier alpha value is -3.69. The number of carbonyl (C=O) groups excluding carboxylic acids is 2. The summed E-state index contributed by atoms with van der Waals surface area (Å²) in [6, 6.07) is 7.00. The molecule has 162 valence electrons. The summed E-state index contributed by atoms with van der Waals surface area (Å²) in [7, 11) is 3.00. The van der Waals surface area contributed by atoms with Gasteiger partial charge in [0.05, 0.1) is 6.33 Å². The third-order valence-electron chi connectivity index (χ3n) is 5.40. The quantitative estimate of drug-likeness (QED) is 0.591. The van der Waals surface area contributed by atoms with Crippen molar-refractivity contribution in [2.75, 3.05) is 10.6 Å². The Morgan fingerprint density at radius 2 is 1.68 bits per heavy atom. The second-order valence-electron chi connectivity index (χ2n) is 7.81. The molecule has 1 aliphatic carbocycles. The van der Waals surface area contributed by atoms with Gasteiger partial charge in [0.1, 0.15) is 0 Å². The molecule has 2 aromatic heterocycles. The van der Waals surface area contributed by atoms with Crippen LogP contribution in [0, 0.1) is 5.92 Å². The lowest BCUT2D eigenvalue weighted by Gasteiger charge is -2.09. The number of amides is 2. The van der Waals surface area contributed by atoms with E-state index in [0.717, 1.165) is 17.4 Å². The molecule has 10 heteroatoms. The lowest BCUT2D eigenvalue weighted by Crippen LogP contribution is -2.37. The van der Waals surface area contributed by atoms with Gasteiger partial charge < -0.3 is 15.2 Å². The highest BCUT2D eigenvalue weighted by atomic mass is 16.2. The highest BCUT2D eigenvalue weighted by Gasteiger charge is 2.29. The third-order valence-corrected chi connectivity index (χ3v) is 5.40. The summed E-state index contributed by atoms with van der Waals surface area (Å²) in [6.45, 7) is 0.420. The molecule has 0 bridgehead atoms. The molecule has 0 aliphatic heterocycles. The summed E-state index contributed by atoms with van der Waals surface area (Å²) in [5.41, 5.74) is 1.18. The van der Waals surface area contributed by atoms with Crippen LogP contribution in [-0.4, -0.2) is 30.5 Å². The first kappa shape index (κ1) is 20.6. The molecule has 31 heavy (non-hydrogen) atoms. The normalized spacial score (nSPS) is 13.4. The van der Waals surface area contributed by atoms with Crippen LogP contribution in [0.2, 0.25) is 0 Å². The number of imidazole rings is 1. The van der Waals surface area contributed by atoms with Crippen molar-refractivity contribution in [3.63, 3.8) is 0 Å². The van der Waals surface area contributed by atoms with Gasteiger partial charge in [0.15, 0.2) is 11.2 Å². The first-order chi connectivity index (χ1) is 14.8. The van der Waals surface area contributed by atoms with E-state index in [2.05, 4.69) is 15.6 Å². The van der Waals surface area contributed by atoms with Gasteiger partial charge in [-0.15, -0.1) is 0 Å². The highest BCUT2D eigenvalue weighted by molar-refractivity contribution is 5.95. The largest absolute Gasteiger partial charge is 0.332 e. The van der Waals surface area contributed by atoms with Crippen LogP contribution in [0.3, 0.4) is 0 Å². The SMILES string of the molecule is Cn1c(=O)c2c(ncn2CCCC(=O)Nc2ccc(NC(=O)C3CC3)cc2)n(C)c1=O. The fourth-order valence-electron chi connectivity index (χ4n) is 3.43. The van der Waals surface area contributed by atoms with Gasteiger partial charge >= 0.3 is 5.69 Å². The van der Waals surface area contributed by atoms with E-state index in [4.69, 9.17) is 0 Å². The summed E-state index contributed by atoms with van der Waals surface area (Å²) >= 11 is 0. The Morgan fingerprint density at radius 1 is 1.03 bits per heavy atom. The molecule has 0 unspecified atom stereocenters. The minimum atomic E-state index is -0.430. The topological polar surface area (TPSA) is 120 Å². The Morgan fingerprint density at radius 3 is 2.32 bits per heavy atom. The molecule has 0 radical (unpaired) electrons. The smallest absolute Gasteiger partial charge is 0.326 e. The van der Waals surface area contributed by atoms with Gasteiger partial charge in [-0.25, -0.2) is 9.78 Å². The number of aromatic nitrogens is 4. The number of hydrogen-bond donors (Lipinski definition) is 2. The van der Waals surface area contributed by atoms with Crippen LogP contribution in [0.25, 0.3) is 11.2 Å². The number of nitrogens with one attached hydrogen (secondary N) is 2. The number of rotatable bonds is 7. The fourth-order valence-corrected chi connectivity index (χ4v) is 3.43. The van der Waals surface area contributed by atoms with Crippen molar-refractivity contribution in [1.29, 1.82) is 0 Å². The molecule has 1 aromatic carbocycles. The van der Waals surface area contributed by atoms with Crippen LogP contribution in [0.15, 0.2) is 40.2 Å². The highest BCUT2D eigenvalue weighted by Crippen LogP contribution is 2.30. The molecule has 0 atom stereocenters. The number of anilines is 2. The van der Waals surface area contributed by atoms with Gasteiger partial charge in [-0.2, -0.15) is 0 Å². The zero-order valence-corrected chi connectivity index (χ0v) is 17.4. The lowest BCUT2D eigenvalue weighted by atomic mass is 10.2. The van der Waals surface area contributed by atoms with E-state index in [9.17, 15) is 19.2 Å². The average Bonchev–Trinajstić information content (AvgIpc) is 3.52. The zero-order valence-electron chi connectivity index (χ0n) is 17.4. The Balaban J connectivity index is 1.33. The molecular weight excluding hydrogens is 400 g/mol. The predicted molar refractivity (Wildman–Crippen MR) is 116 cm³/mol. The molecule has 0 spiro atoms. The third kappa shape index (κ3) is 4.27. The molecular formula is C21H24N6O4. The second kappa shape index (κ2) is 8.21. The van der Waals surface area contributed by atoms with Crippen molar-refractivity contribution >= 4 is 34.4 Å². The molecule has 0 saturated heterocycles. The van der Waals surface area contributed by atoms with Gasteiger partial charge in [0.2, 0.25) is 11.8 Å². The minimum Gasteiger partial charge on any atom is -0.326 e. The van der Waals surface area contributed by atoms with Crippen LogP contribution in [0.4, 0.5) is 11.4 Å². The van der Waals surface area contributed by atoms with Crippen molar-refractivity contribution in [3.8, 4) is 0 Å². The van der Waals surface area contributed by atoms with E-state index in [1.165, 1.54) is 17.9 Å². The van der Waals surface area contributed by atoms with Crippen LogP contribution in [0.1, 0.15) is 25.7 Å². The van der Waals surface area contributed by atoms with Crippen molar-refractivity contribution in [2.45, 2.75) is 32.2 Å². The van der Waals surface area contributed by atoms with Crippen molar-refractivity contribution < 1.29 is 9.59 Å². The van der Waals surface area contributed by atoms with Gasteiger partial charge in [-0.05, 0) is 43.5 Å². The fraction of sp³-hybridized carbons (Fsp3) is 0.381. The van der Waals surface area contributed by atoms with E-state index < -0.39 is 11.2 Å². The second-order valence-corrected chi connectivity index (χ2v) is 7.81. The number of fused-ring (bicyclic) bond motifs is 1. The van der Waals surface area contributed by atoms with Gasteiger partial charge in [-0.1, -0.05) is 0 Å². The van der Waals surface area contributed by atoms with Crippen molar-refractivity contribution in [1.82, 2.24) is 18.7 Å². The molecule has 1 aliphatic rings. The summed E-state index contributed by atoms with van der Waals surface area (Å²) in [5, 5.41) is 5.68. The Bertz CT molecular complexity index is 1260. The van der Waals surface area contributed by atoms with E-state index in [1.54, 1.807) is 35.9 Å². The number of nitrogens with zero attached hydrogens (tertiary/aromatic N) is 4. The van der Waals surface area contributed by atoms with Gasteiger partial charge in [0, 0.05) is 44.4 Å². The van der Waals surface area contributed by atoms with Crippen molar-refractivity contribution in [3.05, 3.63) is 51.4 Å².